The standard InChI is InChI=1S/C30H40N2O3/c1-4-21(5-2)26-18-23(22-10-7-6-8-11-22)14-16-32(26)29(33)25-19-31-20-30(25)15-17-35-28-24(30)12-9-13-27(28)34-3/h6-13,21,23,25-26,31H,4-5,14-20H2,1-3H3/p+1/t23-,25+,26+,30+/m1/s1. The topological polar surface area (TPSA) is 55.4 Å². The Bertz CT molecular complexity index is 1020. The zero-order valence-electron chi connectivity index (χ0n) is 21.5. The summed E-state index contributed by atoms with van der Waals surface area (Å²) in [6.07, 6.45) is 5.23. The molecule has 1 amide bonds. The summed E-state index contributed by atoms with van der Waals surface area (Å²) in [6, 6.07) is 17.4. The van der Waals surface area contributed by atoms with Crippen molar-refractivity contribution in [3.8, 4) is 11.5 Å². The number of hydrogen-bond donors (Lipinski definition) is 1. The third-order valence-electron chi connectivity index (χ3n) is 9.20. The number of likely N-dealkylation sites (tertiary alicyclic amines) is 1. The second kappa shape index (κ2) is 10.2. The number of nitrogens with two attached hydrogens (primary N) is 1. The summed E-state index contributed by atoms with van der Waals surface area (Å²) in [7, 11) is 1.70. The minimum atomic E-state index is -0.187. The van der Waals surface area contributed by atoms with E-state index in [4.69, 9.17) is 9.47 Å². The van der Waals surface area contributed by atoms with E-state index in [-0.39, 0.29) is 11.3 Å². The van der Waals surface area contributed by atoms with Crippen LogP contribution in [-0.4, -0.2) is 50.2 Å². The normalized spacial score (nSPS) is 28.1. The molecule has 3 aliphatic heterocycles. The first kappa shape index (κ1) is 24.2. The van der Waals surface area contributed by atoms with E-state index in [1.807, 2.05) is 12.1 Å². The molecule has 0 aromatic heterocycles. The van der Waals surface area contributed by atoms with E-state index in [1.165, 1.54) is 5.56 Å². The summed E-state index contributed by atoms with van der Waals surface area (Å²) in [5.74, 6) is 3.02. The molecular formula is C30H41N2O3+. The second-order valence-corrected chi connectivity index (χ2v) is 10.7. The fourth-order valence-corrected chi connectivity index (χ4v) is 7.25. The van der Waals surface area contributed by atoms with E-state index in [0.717, 1.165) is 68.8 Å². The number of carbonyl (C=O) groups excluding carboxylic acids is 1. The second-order valence-electron chi connectivity index (χ2n) is 10.7. The molecule has 0 saturated carbocycles. The zero-order valence-corrected chi connectivity index (χ0v) is 21.5. The third-order valence-corrected chi connectivity index (χ3v) is 9.20. The smallest absolute Gasteiger partial charge is 0.232 e. The Balaban J connectivity index is 1.46. The van der Waals surface area contributed by atoms with Gasteiger partial charge in [0.25, 0.3) is 0 Å². The Labute approximate surface area is 210 Å². The maximum atomic E-state index is 14.5. The minimum Gasteiger partial charge on any atom is -0.493 e. The molecule has 0 unspecified atom stereocenters. The number of fused-ring (bicyclic) bond motifs is 2. The predicted octanol–water partition coefficient (Wildman–Crippen LogP) is 4.12. The Kier molecular flexibility index (Phi) is 7.06. The maximum Gasteiger partial charge on any atom is 0.232 e. The molecule has 2 aromatic rings. The van der Waals surface area contributed by atoms with Crippen LogP contribution >= 0.6 is 0 Å². The Morgan fingerprint density at radius 3 is 2.71 bits per heavy atom. The van der Waals surface area contributed by atoms with Crippen LogP contribution in [0.5, 0.6) is 11.5 Å². The predicted molar refractivity (Wildman–Crippen MR) is 138 cm³/mol. The summed E-state index contributed by atoms with van der Waals surface area (Å²) in [4.78, 5) is 16.8. The fourth-order valence-electron chi connectivity index (χ4n) is 7.25. The SMILES string of the molecule is CCC(CC)[C@@H]1C[C@H](c2ccccc2)CCN1C(=O)[C@@H]1C[NH2+]C[C@]12CCOc1c(OC)cccc12. The lowest BCUT2D eigenvalue weighted by atomic mass is 9.67. The number of benzene rings is 2. The van der Waals surface area contributed by atoms with Crippen LogP contribution in [-0.2, 0) is 10.2 Å². The molecule has 3 heterocycles. The van der Waals surface area contributed by atoms with E-state index in [1.54, 1.807) is 7.11 Å². The summed E-state index contributed by atoms with van der Waals surface area (Å²) < 4.78 is 11.7. The van der Waals surface area contributed by atoms with Crippen LogP contribution in [0, 0.1) is 11.8 Å². The summed E-state index contributed by atoms with van der Waals surface area (Å²) >= 11 is 0. The Morgan fingerprint density at radius 1 is 1.17 bits per heavy atom. The van der Waals surface area contributed by atoms with Gasteiger partial charge >= 0.3 is 0 Å². The van der Waals surface area contributed by atoms with Crippen molar-refractivity contribution in [1.29, 1.82) is 0 Å². The maximum absolute atomic E-state index is 14.5. The third kappa shape index (κ3) is 4.22. The zero-order chi connectivity index (χ0) is 24.4. The lowest BCUT2D eigenvalue weighted by molar-refractivity contribution is -0.640. The number of amides is 1. The lowest BCUT2D eigenvalue weighted by Gasteiger charge is -2.46. The van der Waals surface area contributed by atoms with Gasteiger partial charge in [-0.25, -0.2) is 0 Å². The summed E-state index contributed by atoms with van der Waals surface area (Å²) in [6.45, 7) is 7.85. The molecule has 4 atom stereocenters. The van der Waals surface area contributed by atoms with Crippen molar-refractivity contribution in [2.24, 2.45) is 11.8 Å². The molecule has 0 radical (unpaired) electrons. The molecule has 2 saturated heterocycles. The van der Waals surface area contributed by atoms with Gasteiger partial charge in [-0.05, 0) is 42.7 Å². The van der Waals surface area contributed by atoms with Crippen LogP contribution < -0.4 is 14.8 Å². The van der Waals surface area contributed by atoms with Crippen LogP contribution in [0.1, 0.15) is 63.0 Å². The highest BCUT2D eigenvalue weighted by Gasteiger charge is 2.56. The van der Waals surface area contributed by atoms with Crippen LogP contribution in [0.25, 0.3) is 0 Å². The average molecular weight is 478 g/mol. The highest BCUT2D eigenvalue weighted by atomic mass is 16.5. The molecule has 188 valence electrons. The van der Waals surface area contributed by atoms with E-state index >= 15 is 0 Å². The largest absolute Gasteiger partial charge is 0.493 e. The van der Waals surface area contributed by atoms with Gasteiger partial charge in [0.1, 0.15) is 5.92 Å². The molecule has 1 spiro atoms. The quantitative estimate of drug-likeness (QED) is 0.681. The summed E-state index contributed by atoms with van der Waals surface area (Å²) in [5.41, 5.74) is 2.40. The first-order chi connectivity index (χ1) is 17.1. The molecular weight excluding hydrogens is 436 g/mol. The molecule has 0 bridgehead atoms. The van der Waals surface area contributed by atoms with Gasteiger partial charge in [0, 0.05) is 18.2 Å². The van der Waals surface area contributed by atoms with Gasteiger partial charge in [0.2, 0.25) is 5.91 Å². The van der Waals surface area contributed by atoms with E-state index < -0.39 is 0 Å². The van der Waals surface area contributed by atoms with Gasteiger partial charge in [-0.3, -0.25) is 4.79 Å². The van der Waals surface area contributed by atoms with Crippen LogP contribution in [0.2, 0.25) is 0 Å². The molecule has 5 rings (SSSR count). The monoisotopic (exact) mass is 477 g/mol. The minimum absolute atomic E-state index is 0.0256. The van der Waals surface area contributed by atoms with Crippen molar-refractivity contribution in [2.45, 2.75) is 63.3 Å². The number of quaternary nitrogens is 1. The molecule has 0 aliphatic carbocycles. The van der Waals surface area contributed by atoms with Gasteiger partial charge in [-0.1, -0.05) is 69.2 Å². The highest BCUT2D eigenvalue weighted by molar-refractivity contribution is 5.82. The van der Waals surface area contributed by atoms with Crippen molar-refractivity contribution in [1.82, 2.24) is 4.90 Å². The first-order valence-electron chi connectivity index (χ1n) is 13.6. The number of ether oxygens (including phenoxy) is 2. The number of carbonyl (C=O) groups is 1. The number of para-hydroxylation sites is 1. The van der Waals surface area contributed by atoms with Gasteiger partial charge in [-0.15, -0.1) is 0 Å². The molecule has 2 N–H and O–H groups in total. The van der Waals surface area contributed by atoms with Crippen molar-refractivity contribution in [3.05, 3.63) is 59.7 Å². The fraction of sp³-hybridized carbons (Fsp3) is 0.567. The molecule has 35 heavy (non-hydrogen) atoms. The van der Waals surface area contributed by atoms with Crippen LogP contribution in [0.15, 0.2) is 48.5 Å². The van der Waals surface area contributed by atoms with Gasteiger partial charge in [0.15, 0.2) is 11.5 Å². The van der Waals surface area contributed by atoms with Crippen LogP contribution in [0.4, 0.5) is 0 Å². The van der Waals surface area contributed by atoms with Crippen molar-refractivity contribution < 1.29 is 19.6 Å². The first-order valence-corrected chi connectivity index (χ1v) is 13.6. The molecule has 3 aliphatic rings. The van der Waals surface area contributed by atoms with E-state index in [2.05, 4.69) is 60.5 Å². The van der Waals surface area contributed by atoms with E-state index in [0.29, 0.717) is 30.4 Å². The molecule has 5 heteroatoms. The van der Waals surface area contributed by atoms with Crippen molar-refractivity contribution in [3.63, 3.8) is 0 Å². The Morgan fingerprint density at radius 2 is 1.97 bits per heavy atom. The number of rotatable bonds is 6. The lowest BCUT2D eigenvalue weighted by Crippen LogP contribution is -2.82. The summed E-state index contributed by atoms with van der Waals surface area (Å²) in [5, 5.41) is 2.35. The highest BCUT2D eigenvalue weighted by Crippen LogP contribution is 2.49. The van der Waals surface area contributed by atoms with Gasteiger partial charge in [-0.2, -0.15) is 0 Å². The molecule has 2 fully saturated rings. The number of nitrogens with zero attached hydrogens (tertiary/aromatic N) is 1. The van der Waals surface area contributed by atoms with Crippen molar-refractivity contribution in [2.75, 3.05) is 33.4 Å². The number of hydrogen-bond acceptors (Lipinski definition) is 3. The van der Waals surface area contributed by atoms with Crippen LogP contribution in [0.3, 0.4) is 0 Å². The van der Waals surface area contributed by atoms with Crippen molar-refractivity contribution >= 4 is 5.91 Å². The molecule has 5 nitrogen and oxygen atoms in total. The van der Waals surface area contributed by atoms with E-state index in [9.17, 15) is 4.79 Å². The molecule has 2 aromatic carbocycles. The Hall–Kier alpha value is -2.53. The average Bonchev–Trinajstić information content (AvgIpc) is 3.33. The number of methoxy groups -OCH3 is 1. The van der Waals surface area contributed by atoms with Gasteiger partial charge < -0.3 is 19.7 Å². The van der Waals surface area contributed by atoms with Gasteiger partial charge in [0.05, 0.1) is 32.2 Å². The number of piperidine rings is 1.